The van der Waals surface area contributed by atoms with Crippen molar-refractivity contribution in [2.45, 2.75) is 26.3 Å². The molecule has 1 saturated heterocycles. The smallest absolute Gasteiger partial charge is 0.223 e. The van der Waals surface area contributed by atoms with Crippen LogP contribution in [0, 0.1) is 12.8 Å². The van der Waals surface area contributed by atoms with Crippen molar-refractivity contribution in [3.05, 3.63) is 63.6 Å². The molecule has 2 aromatic carbocycles. The van der Waals surface area contributed by atoms with Crippen LogP contribution in [0.2, 0.25) is 0 Å². The number of halogens is 1. The van der Waals surface area contributed by atoms with E-state index in [4.69, 9.17) is 0 Å². The van der Waals surface area contributed by atoms with Crippen LogP contribution in [0.1, 0.15) is 34.3 Å². The van der Waals surface area contributed by atoms with E-state index in [2.05, 4.69) is 39.1 Å². The van der Waals surface area contributed by atoms with Crippen molar-refractivity contribution in [2.24, 2.45) is 5.92 Å². The molecule has 1 fully saturated rings. The highest BCUT2D eigenvalue weighted by atomic mass is 79.9. The van der Waals surface area contributed by atoms with Crippen LogP contribution in [-0.4, -0.2) is 25.3 Å². The van der Waals surface area contributed by atoms with Crippen molar-refractivity contribution in [1.82, 2.24) is 5.32 Å². The van der Waals surface area contributed by atoms with Crippen LogP contribution >= 0.6 is 15.9 Å². The van der Waals surface area contributed by atoms with Crippen molar-refractivity contribution in [3.63, 3.8) is 0 Å². The SMILES string of the molecule is Cc1cc(Br)ccc1CNC(=O)C1CCN(c2ccc(C=O)cc2)CC1. The van der Waals surface area contributed by atoms with Crippen LogP contribution in [-0.2, 0) is 11.3 Å². The molecule has 136 valence electrons. The molecule has 3 rings (SSSR count). The van der Waals surface area contributed by atoms with E-state index in [1.807, 2.05) is 36.4 Å². The minimum Gasteiger partial charge on any atom is -0.371 e. The predicted molar refractivity (Wildman–Crippen MR) is 107 cm³/mol. The number of aldehydes is 1. The average Bonchev–Trinajstić information content (AvgIpc) is 2.67. The van der Waals surface area contributed by atoms with Gasteiger partial charge in [0.25, 0.3) is 0 Å². The lowest BCUT2D eigenvalue weighted by Gasteiger charge is -2.33. The number of hydrogen-bond acceptors (Lipinski definition) is 3. The molecule has 1 aliphatic heterocycles. The number of nitrogens with one attached hydrogen (secondary N) is 1. The summed E-state index contributed by atoms with van der Waals surface area (Å²) < 4.78 is 1.05. The second kappa shape index (κ2) is 8.49. The zero-order valence-electron chi connectivity index (χ0n) is 14.9. The van der Waals surface area contributed by atoms with E-state index < -0.39 is 0 Å². The standard InChI is InChI=1S/C21H23BrN2O2/c1-15-12-19(22)5-4-18(15)13-23-21(26)17-8-10-24(11-9-17)20-6-2-16(14-25)3-7-20/h2-7,12,14,17H,8-11,13H2,1H3,(H,23,26). The molecule has 0 atom stereocenters. The lowest BCUT2D eigenvalue weighted by Crippen LogP contribution is -2.40. The highest BCUT2D eigenvalue weighted by Crippen LogP contribution is 2.24. The van der Waals surface area contributed by atoms with Gasteiger partial charge in [0.05, 0.1) is 0 Å². The molecular weight excluding hydrogens is 392 g/mol. The van der Waals surface area contributed by atoms with E-state index in [0.717, 1.165) is 47.9 Å². The zero-order chi connectivity index (χ0) is 18.5. The van der Waals surface area contributed by atoms with E-state index in [1.165, 1.54) is 5.56 Å². The third-order valence-electron chi connectivity index (χ3n) is 5.02. The normalized spacial score (nSPS) is 14.9. The fourth-order valence-corrected chi connectivity index (χ4v) is 3.82. The minimum absolute atomic E-state index is 0.0660. The average molecular weight is 415 g/mol. The Morgan fingerprint density at radius 3 is 2.50 bits per heavy atom. The second-order valence-corrected chi connectivity index (χ2v) is 7.67. The van der Waals surface area contributed by atoms with Crippen molar-refractivity contribution in [2.75, 3.05) is 18.0 Å². The first kappa shape index (κ1) is 18.6. The van der Waals surface area contributed by atoms with Gasteiger partial charge in [0.1, 0.15) is 6.29 Å². The van der Waals surface area contributed by atoms with Crippen LogP contribution in [0.4, 0.5) is 5.69 Å². The van der Waals surface area contributed by atoms with Crippen molar-refractivity contribution < 1.29 is 9.59 Å². The quantitative estimate of drug-likeness (QED) is 0.749. The molecule has 5 heteroatoms. The van der Waals surface area contributed by atoms with Gasteiger partial charge in [-0.3, -0.25) is 9.59 Å². The van der Waals surface area contributed by atoms with Crippen LogP contribution in [0.3, 0.4) is 0 Å². The van der Waals surface area contributed by atoms with Crippen molar-refractivity contribution >= 4 is 33.8 Å². The van der Waals surface area contributed by atoms with Gasteiger partial charge in [-0.25, -0.2) is 0 Å². The third-order valence-corrected chi connectivity index (χ3v) is 5.51. The summed E-state index contributed by atoms with van der Waals surface area (Å²) in [4.78, 5) is 25.5. The Morgan fingerprint density at radius 2 is 1.88 bits per heavy atom. The van der Waals surface area contributed by atoms with Crippen LogP contribution < -0.4 is 10.2 Å². The fraction of sp³-hybridized carbons (Fsp3) is 0.333. The number of benzene rings is 2. The number of amides is 1. The van der Waals surface area contributed by atoms with Gasteiger partial charge < -0.3 is 10.2 Å². The summed E-state index contributed by atoms with van der Waals surface area (Å²) in [6.45, 7) is 4.34. The first-order valence-electron chi connectivity index (χ1n) is 8.90. The molecule has 2 aromatic rings. The number of anilines is 1. The summed E-state index contributed by atoms with van der Waals surface area (Å²) in [5, 5.41) is 3.09. The van der Waals surface area contributed by atoms with Crippen LogP contribution in [0.5, 0.6) is 0 Å². The summed E-state index contributed by atoms with van der Waals surface area (Å²) in [6, 6.07) is 13.7. The van der Waals surface area contributed by atoms with Gasteiger partial charge in [-0.05, 0) is 67.3 Å². The molecule has 26 heavy (non-hydrogen) atoms. The topological polar surface area (TPSA) is 49.4 Å². The predicted octanol–water partition coefficient (Wildman–Crippen LogP) is 4.10. The van der Waals surface area contributed by atoms with Crippen molar-refractivity contribution in [3.8, 4) is 0 Å². The molecule has 0 bridgehead atoms. The van der Waals surface area contributed by atoms with E-state index in [-0.39, 0.29) is 11.8 Å². The molecule has 0 aromatic heterocycles. The van der Waals surface area contributed by atoms with E-state index in [0.29, 0.717) is 12.1 Å². The molecular formula is C21H23BrN2O2. The highest BCUT2D eigenvalue weighted by Gasteiger charge is 2.25. The van der Waals surface area contributed by atoms with Gasteiger partial charge in [0, 0.05) is 41.3 Å². The molecule has 0 unspecified atom stereocenters. The first-order valence-corrected chi connectivity index (χ1v) is 9.69. The molecule has 4 nitrogen and oxygen atoms in total. The molecule has 1 amide bonds. The van der Waals surface area contributed by atoms with E-state index >= 15 is 0 Å². The van der Waals surface area contributed by atoms with E-state index in [1.54, 1.807) is 0 Å². The van der Waals surface area contributed by atoms with Gasteiger partial charge in [-0.2, -0.15) is 0 Å². The second-order valence-electron chi connectivity index (χ2n) is 6.76. The Kier molecular flexibility index (Phi) is 6.09. The Morgan fingerprint density at radius 1 is 1.19 bits per heavy atom. The number of carbonyl (C=O) groups is 2. The van der Waals surface area contributed by atoms with E-state index in [9.17, 15) is 9.59 Å². The first-order chi connectivity index (χ1) is 12.6. The summed E-state index contributed by atoms with van der Waals surface area (Å²) >= 11 is 3.46. The molecule has 0 radical (unpaired) electrons. The maximum Gasteiger partial charge on any atom is 0.223 e. The number of carbonyl (C=O) groups excluding carboxylic acids is 2. The summed E-state index contributed by atoms with van der Waals surface area (Å²) in [5.41, 5.74) is 4.12. The van der Waals surface area contributed by atoms with Gasteiger partial charge in [-0.15, -0.1) is 0 Å². The Balaban J connectivity index is 1.50. The van der Waals surface area contributed by atoms with Gasteiger partial charge in [0.2, 0.25) is 5.91 Å². The fourth-order valence-electron chi connectivity index (χ4n) is 3.35. The number of piperidine rings is 1. The summed E-state index contributed by atoms with van der Waals surface area (Å²) in [5.74, 6) is 0.208. The number of rotatable bonds is 5. The highest BCUT2D eigenvalue weighted by molar-refractivity contribution is 9.10. The monoisotopic (exact) mass is 414 g/mol. The van der Waals surface area contributed by atoms with Gasteiger partial charge in [-0.1, -0.05) is 22.0 Å². The molecule has 1 heterocycles. The minimum atomic E-state index is 0.0660. The number of hydrogen-bond donors (Lipinski definition) is 1. The third kappa shape index (κ3) is 4.52. The number of nitrogens with zero attached hydrogens (tertiary/aromatic N) is 1. The largest absolute Gasteiger partial charge is 0.371 e. The lowest BCUT2D eigenvalue weighted by atomic mass is 9.95. The summed E-state index contributed by atoms with van der Waals surface area (Å²) in [6.07, 6.45) is 2.55. The molecule has 0 saturated carbocycles. The van der Waals surface area contributed by atoms with Crippen molar-refractivity contribution in [1.29, 1.82) is 0 Å². The lowest BCUT2D eigenvalue weighted by molar-refractivity contribution is -0.125. The maximum absolute atomic E-state index is 12.5. The Labute approximate surface area is 162 Å². The molecule has 1 aliphatic rings. The van der Waals surface area contributed by atoms with Crippen LogP contribution in [0.25, 0.3) is 0 Å². The number of aryl methyl sites for hydroxylation is 1. The van der Waals surface area contributed by atoms with Gasteiger partial charge >= 0.3 is 0 Å². The van der Waals surface area contributed by atoms with Gasteiger partial charge in [0.15, 0.2) is 0 Å². The Bertz CT molecular complexity index is 781. The molecule has 1 N–H and O–H groups in total. The summed E-state index contributed by atoms with van der Waals surface area (Å²) in [7, 11) is 0. The molecule has 0 aliphatic carbocycles. The Hall–Kier alpha value is -2.14. The molecule has 0 spiro atoms. The van der Waals surface area contributed by atoms with Crippen LogP contribution in [0.15, 0.2) is 46.9 Å². The maximum atomic E-state index is 12.5. The zero-order valence-corrected chi connectivity index (χ0v) is 16.5.